The average Bonchev–Trinajstić information content (AvgIpc) is 2.82. The molecule has 1 aromatic heterocycles. The Bertz CT molecular complexity index is 890. The second-order valence-electron chi connectivity index (χ2n) is 4.61. The third-order valence-corrected chi connectivity index (χ3v) is 3.65. The molecule has 0 fully saturated rings. The van der Waals surface area contributed by atoms with Crippen LogP contribution in [0.1, 0.15) is 31.8 Å². The normalized spacial score (nSPS) is 13.4. The number of aromatic amines is 1. The van der Waals surface area contributed by atoms with E-state index in [0.29, 0.717) is 33.4 Å². The SMILES string of the molecule is O=C1c2ccccc2C(=O)c2cc3oc(=S)[nH]c3cc21. The minimum atomic E-state index is -0.167. The number of benzene rings is 2. The summed E-state index contributed by atoms with van der Waals surface area (Å²) >= 11 is 4.92. The molecule has 0 radical (unpaired) electrons. The molecular weight excluding hydrogens is 274 g/mol. The molecule has 2 aromatic carbocycles. The van der Waals surface area contributed by atoms with Gasteiger partial charge in [0.25, 0.3) is 4.84 Å². The third-order valence-electron chi connectivity index (χ3n) is 3.46. The summed E-state index contributed by atoms with van der Waals surface area (Å²) in [7, 11) is 0. The fourth-order valence-corrected chi connectivity index (χ4v) is 2.74. The molecule has 96 valence electrons. The van der Waals surface area contributed by atoms with Crippen LogP contribution >= 0.6 is 12.2 Å². The zero-order valence-electron chi connectivity index (χ0n) is 10.1. The molecule has 0 bridgehead atoms. The van der Waals surface area contributed by atoms with Gasteiger partial charge in [0, 0.05) is 22.3 Å². The van der Waals surface area contributed by atoms with Crippen LogP contribution in [-0.2, 0) is 0 Å². The second-order valence-corrected chi connectivity index (χ2v) is 4.98. The Kier molecular flexibility index (Phi) is 2.11. The highest BCUT2D eigenvalue weighted by Gasteiger charge is 2.30. The molecule has 3 aromatic rings. The topological polar surface area (TPSA) is 63.1 Å². The Balaban J connectivity index is 2.10. The Morgan fingerprint density at radius 1 is 0.900 bits per heavy atom. The molecule has 1 aliphatic rings. The van der Waals surface area contributed by atoms with Crippen molar-refractivity contribution in [3.63, 3.8) is 0 Å². The number of hydrogen-bond acceptors (Lipinski definition) is 4. The van der Waals surface area contributed by atoms with Gasteiger partial charge >= 0.3 is 0 Å². The second kappa shape index (κ2) is 3.74. The number of rotatable bonds is 0. The van der Waals surface area contributed by atoms with Crippen LogP contribution in [0.15, 0.2) is 40.8 Å². The summed E-state index contributed by atoms with van der Waals surface area (Å²) in [4.78, 5) is 28.0. The lowest BCUT2D eigenvalue weighted by atomic mass is 9.84. The lowest BCUT2D eigenvalue weighted by Crippen LogP contribution is -2.20. The molecule has 1 heterocycles. The van der Waals surface area contributed by atoms with Gasteiger partial charge in [-0.25, -0.2) is 0 Å². The minimum Gasteiger partial charge on any atom is -0.429 e. The highest BCUT2D eigenvalue weighted by Crippen LogP contribution is 2.30. The van der Waals surface area contributed by atoms with Crippen LogP contribution in [0.3, 0.4) is 0 Å². The first-order valence-corrected chi connectivity index (χ1v) is 6.41. The number of hydrogen-bond donors (Lipinski definition) is 1. The molecule has 1 N–H and O–H groups in total. The van der Waals surface area contributed by atoms with Gasteiger partial charge in [0.05, 0.1) is 5.52 Å². The number of carbonyl (C=O) groups is 2. The molecular formula is C15H7NO3S. The number of carbonyl (C=O) groups excluding carboxylic acids is 2. The molecule has 20 heavy (non-hydrogen) atoms. The number of aromatic nitrogens is 1. The smallest absolute Gasteiger partial charge is 0.266 e. The van der Waals surface area contributed by atoms with Crippen molar-refractivity contribution in [1.29, 1.82) is 0 Å². The van der Waals surface area contributed by atoms with Crippen LogP contribution in [0.4, 0.5) is 0 Å². The summed E-state index contributed by atoms with van der Waals surface area (Å²) in [5.74, 6) is -0.322. The lowest BCUT2D eigenvalue weighted by Gasteiger charge is -2.16. The van der Waals surface area contributed by atoms with Crippen molar-refractivity contribution < 1.29 is 14.0 Å². The molecule has 4 rings (SSSR count). The van der Waals surface area contributed by atoms with Crippen molar-refractivity contribution in [3.8, 4) is 0 Å². The predicted octanol–water partition coefficient (Wildman–Crippen LogP) is 3.27. The molecule has 0 saturated carbocycles. The van der Waals surface area contributed by atoms with Gasteiger partial charge in [-0.05, 0) is 24.4 Å². The third kappa shape index (κ3) is 1.38. The van der Waals surface area contributed by atoms with Gasteiger partial charge in [-0.3, -0.25) is 9.59 Å². The summed E-state index contributed by atoms with van der Waals surface area (Å²) < 4.78 is 5.30. The van der Waals surface area contributed by atoms with Crippen LogP contribution in [0, 0.1) is 4.84 Å². The zero-order chi connectivity index (χ0) is 13.9. The van der Waals surface area contributed by atoms with Gasteiger partial charge in [-0.1, -0.05) is 24.3 Å². The first-order valence-electron chi connectivity index (χ1n) is 6.00. The minimum absolute atomic E-state index is 0.155. The predicted molar refractivity (Wildman–Crippen MR) is 74.7 cm³/mol. The summed E-state index contributed by atoms with van der Waals surface area (Å²) in [6.45, 7) is 0. The molecule has 4 nitrogen and oxygen atoms in total. The van der Waals surface area contributed by atoms with E-state index >= 15 is 0 Å². The van der Waals surface area contributed by atoms with E-state index in [2.05, 4.69) is 4.98 Å². The zero-order valence-corrected chi connectivity index (χ0v) is 10.9. The van der Waals surface area contributed by atoms with E-state index in [0.717, 1.165) is 0 Å². The molecule has 5 heteroatoms. The van der Waals surface area contributed by atoms with E-state index in [-0.39, 0.29) is 16.4 Å². The molecule has 0 unspecified atom stereocenters. The van der Waals surface area contributed by atoms with Gasteiger partial charge in [0.2, 0.25) is 0 Å². The van der Waals surface area contributed by atoms with Crippen LogP contribution in [-0.4, -0.2) is 16.6 Å². The van der Waals surface area contributed by atoms with Gasteiger partial charge in [0.1, 0.15) is 0 Å². The van der Waals surface area contributed by atoms with Crippen LogP contribution in [0.2, 0.25) is 0 Å². The lowest BCUT2D eigenvalue weighted by molar-refractivity contribution is 0.0979. The number of nitrogens with one attached hydrogen (secondary N) is 1. The average molecular weight is 281 g/mol. The van der Waals surface area contributed by atoms with Crippen LogP contribution < -0.4 is 0 Å². The number of fused-ring (bicyclic) bond motifs is 3. The maximum absolute atomic E-state index is 12.5. The molecule has 1 aliphatic carbocycles. The quantitative estimate of drug-likeness (QED) is 0.502. The summed E-state index contributed by atoms with van der Waals surface area (Å²) in [6.07, 6.45) is 0. The Labute approximate surface area is 118 Å². The monoisotopic (exact) mass is 281 g/mol. The molecule has 0 atom stereocenters. The number of oxazole rings is 1. The van der Waals surface area contributed by atoms with Gasteiger partial charge in [-0.15, -0.1) is 0 Å². The molecule has 0 aliphatic heterocycles. The molecule has 0 amide bonds. The van der Waals surface area contributed by atoms with Crippen molar-refractivity contribution in [2.45, 2.75) is 0 Å². The standard InChI is InChI=1S/C15H7NO3S/c17-13-7-3-1-2-4-8(7)14(18)10-6-12-11(5-9(10)13)16-15(20)19-12/h1-6H,(H,16,20). The largest absolute Gasteiger partial charge is 0.429 e. The van der Waals surface area contributed by atoms with E-state index in [1.54, 1.807) is 36.4 Å². The van der Waals surface area contributed by atoms with Crippen LogP contribution in [0.25, 0.3) is 11.1 Å². The Hall–Kier alpha value is -2.53. The molecule has 0 saturated heterocycles. The van der Waals surface area contributed by atoms with Gasteiger partial charge in [-0.2, -0.15) is 0 Å². The number of ketones is 2. The Morgan fingerprint density at radius 3 is 2.15 bits per heavy atom. The van der Waals surface area contributed by atoms with E-state index in [1.807, 2.05) is 0 Å². The van der Waals surface area contributed by atoms with Crippen molar-refractivity contribution in [1.82, 2.24) is 4.98 Å². The van der Waals surface area contributed by atoms with Crippen LogP contribution in [0.5, 0.6) is 0 Å². The summed E-state index contributed by atoms with van der Waals surface area (Å²) in [5, 5.41) is 0. The molecule has 0 spiro atoms. The first kappa shape index (κ1) is 11.3. The van der Waals surface area contributed by atoms with Gasteiger partial charge in [0.15, 0.2) is 17.1 Å². The maximum atomic E-state index is 12.5. The maximum Gasteiger partial charge on any atom is 0.266 e. The van der Waals surface area contributed by atoms with E-state index in [1.165, 1.54) is 0 Å². The van der Waals surface area contributed by atoms with Crippen molar-refractivity contribution in [2.75, 3.05) is 0 Å². The van der Waals surface area contributed by atoms with Crippen molar-refractivity contribution in [2.24, 2.45) is 0 Å². The summed E-state index contributed by atoms with van der Waals surface area (Å²) in [6, 6.07) is 10.0. The first-order chi connectivity index (χ1) is 9.65. The fourth-order valence-electron chi connectivity index (χ4n) is 2.54. The van der Waals surface area contributed by atoms with E-state index in [4.69, 9.17) is 16.6 Å². The van der Waals surface area contributed by atoms with Gasteiger partial charge < -0.3 is 9.40 Å². The van der Waals surface area contributed by atoms with Crippen molar-refractivity contribution in [3.05, 3.63) is 63.5 Å². The number of H-pyrrole nitrogens is 1. The van der Waals surface area contributed by atoms with E-state index < -0.39 is 0 Å². The summed E-state index contributed by atoms with van der Waals surface area (Å²) in [5.41, 5.74) is 2.71. The van der Waals surface area contributed by atoms with E-state index in [9.17, 15) is 9.59 Å². The highest BCUT2D eigenvalue weighted by molar-refractivity contribution is 7.71. The highest BCUT2D eigenvalue weighted by atomic mass is 32.1. The van der Waals surface area contributed by atoms with Crippen molar-refractivity contribution >= 4 is 34.9 Å². The fraction of sp³-hybridized carbons (Fsp3) is 0. The Morgan fingerprint density at radius 2 is 1.50 bits per heavy atom.